The van der Waals surface area contributed by atoms with Crippen LogP contribution < -0.4 is 10.6 Å². The second-order valence-corrected chi connectivity index (χ2v) is 4.77. The number of nitrogens with two attached hydrogens (primary N) is 1. The first kappa shape index (κ1) is 16.0. The van der Waals surface area contributed by atoms with Crippen LogP contribution in [0, 0.1) is 6.92 Å². The van der Waals surface area contributed by atoms with Crippen LogP contribution in [0.1, 0.15) is 18.4 Å². The molecule has 4 N–H and O–H groups in total. The van der Waals surface area contributed by atoms with Crippen molar-refractivity contribution < 1.29 is 19.8 Å². The van der Waals surface area contributed by atoms with Gasteiger partial charge in [0.1, 0.15) is 0 Å². The lowest BCUT2D eigenvalue weighted by Gasteiger charge is -2.32. The third-order valence-electron chi connectivity index (χ3n) is 3.09. The van der Waals surface area contributed by atoms with Gasteiger partial charge in [-0.1, -0.05) is 12.1 Å². The molecule has 110 valence electrons. The maximum atomic E-state index is 9.10. The predicted octanol–water partition coefficient (Wildman–Crippen LogP) is 1.08. The highest BCUT2D eigenvalue weighted by Crippen LogP contribution is 2.20. The summed E-state index contributed by atoms with van der Waals surface area (Å²) in [5.41, 5.74) is 8.55. The molecular weight excluding hydrogens is 260 g/mol. The fraction of sp³-hybridized carbons (Fsp3) is 0.429. The van der Waals surface area contributed by atoms with E-state index >= 15 is 0 Å². The monoisotopic (exact) mass is 280 g/mol. The number of carbonyl (C=O) groups is 2. The van der Waals surface area contributed by atoms with Crippen LogP contribution in [0.3, 0.4) is 0 Å². The van der Waals surface area contributed by atoms with E-state index in [1.54, 1.807) is 0 Å². The maximum absolute atomic E-state index is 9.10. The molecule has 0 spiro atoms. The lowest BCUT2D eigenvalue weighted by Crippen LogP contribution is -2.39. The molecule has 1 fully saturated rings. The molecule has 0 aliphatic carbocycles. The Morgan fingerprint density at radius 3 is 2.20 bits per heavy atom. The van der Waals surface area contributed by atoms with Crippen LogP contribution in [0.5, 0.6) is 0 Å². The van der Waals surface area contributed by atoms with Crippen molar-refractivity contribution in [3.05, 3.63) is 29.8 Å². The average Bonchev–Trinajstić information content (AvgIpc) is 2.40. The molecule has 0 unspecified atom stereocenters. The minimum Gasteiger partial charge on any atom is -0.473 e. The summed E-state index contributed by atoms with van der Waals surface area (Å²) < 4.78 is 0. The topological polar surface area (TPSA) is 104 Å². The van der Waals surface area contributed by atoms with Crippen LogP contribution in [0.15, 0.2) is 24.3 Å². The summed E-state index contributed by atoms with van der Waals surface area (Å²) in [5, 5.41) is 14.8. The van der Waals surface area contributed by atoms with E-state index in [1.807, 2.05) is 0 Å². The standard InChI is InChI=1S/C12H18N2.C2H2O4/c1-10-3-2-4-12(9-10)14-7-5-11(13)6-8-14;3-1(4)2(5)6/h2-4,9,11H,5-8,13H2,1H3;(H,3,4)(H,5,6). The van der Waals surface area contributed by atoms with E-state index in [2.05, 4.69) is 36.1 Å². The molecule has 0 radical (unpaired) electrons. The van der Waals surface area contributed by atoms with Crippen molar-refractivity contribution in [2.24, 2.45) is 5.73 Å². The number of carboxylic acids is 2. The number of anilines is 1. The molecule has 6 nitrogen and oxygen atoms in total. The van der Waals surface area contributed by atoms with Gasteiger partial charge in [-0.25, -0.2) is 9.59 Å². The predicted molar refractivity (Wildman–Crippen MR) is 75.9 cm³/mol. The van der Waals surface area contributed by atoms with Gasteiger partial charge in [-0.2, -0.15) is 0 Å². The van der Waals surface area contributed by atoms with E-state index in [4.69, 9.17) is 25.5 Å². The number of carboxylic acid groups (broad SMARTS) is 2. The Morgan fingerprint density at radius 2 is 1.75 bits per heavy atom. The van der Waals surface area contributed by atoms with Gasteiger partial charge in [-0.15, -0.1) is 0 Å². The molecule has 1 saturated heterocycles. The maximum Gasteiger partial charge on any atom is 0.414 e. The van der Waals surface area contributed by atoms with Crippen LogP contribution in [0.25, 0.3) is 0 Å². The summed E-state index contributed by atoms with van der Waals surface area (Å²) in [6.45, 7) is 4.34. The second-order valence-electron chi connectivity index (χ2n) is 4.77. The van der Waals surface area contributed by atoms with Crippen LogP contribution in [0.2, 0.25) is 0 Å². The quantitative estimate of drug-likeness (QED) is 0.665. The number of hydrogen-bond acceptors (Lipinski definition) is 4. The molecule has 0 amide bonds. The molecule has 1 aliphatic rings. The van der Waals surface area contributed by atoms with E-state index in [-0.39, 0.29) is 0 Å². The van der Waals surface area contributed by atoms with Crippen LogP contribution in [0.4, 0.5) is 5.69 Å². The third-order valence-corrected chi connectivity index (χ3v) is 3.09. The summed E-state index contributed by atoms with van der Waals surface area (Å²) in [6.07, 6.45) is 2.24. The van der Waals surface area contributed by atoms with Gasteiger partial charge in [0, 0.05) is 24.8 Å². The van der Waals surface area contributed by atoms with Crippen LogP contribution in [-0.4, -0.2) is 41.3 Å². The van der Waals surface area contributed by atoms with E-state index in [0.29, 0.717) is 6.04 Å². The van der Waals surface area contributed by atoms with Crippen molar-refractivity contribution in [2.75, 3.05) is 18.0 Å². The Labute approximate surface area is 117 Å². The largest absolute Gasteiger partial charge is 0.473 e. The number of benzene rings is 1. The molecule has 0 atom stereocenters. The fourth-order valence-corrected chi connectivity index (χ4v) is 1.98. The zero-order chi connectivity index (χ0) is 15.1. The Hall–Kier alpha value is -2.08. The van der Waals surface area contributed by atoms with Crippen molar-refractivity contribution in [3.8, 4) is 0 Å². The highest BCUT2D eigenvalue weighted by Gasteiger charge is 2.15. The molecule has 0 saturated carbocycles. The number of rotatable bonds is 1. The first-order chi connectivity index (χ1) is 9.40. The van der Waals surface area contributed by atoms with Crippen molar-refractivity contribution >= 4 is 17.6 Å². The van der Waals surface area contributed by atoms with E-state index in [9.17, 15) is 0 Å². The number of piperidine rings is 1. The van der Waals surface area contributed by atoms with Gasteiger partial charge in [-0.05, 0) is 37.5 Å². The Bertz CT molecular complexity index is 456. The minimum atomic E-state index is -1.82. The molecule has 1 aromatic carbocycles. The molecule has 6 heteroatoms. The van der Waals surface area contributed by atoms with Gasteiger partial charge in [-0.3, -0.25) is 0 Å². The normalized spacial score (nSPS) is 15.2. The lowest BCUT2D eigenvalue weighted by molar-refractivity contribution is -0.159. The molecule has 0 bridgehead atoms. The Morgan fingerprint density at radius 1 is 1.20 bits per heavy atom. The first-order valence-corrected chi connectivity index (χ1v) is 6.43. The lowest BCUT2D eigenvalue weighted by atomic mass is 10.1. The van der Waals surface area contributed by atoms with Gasteiger partial charge in [0.05, 0.1) is 0 Å². The van der Waals surface area contributed by atoms with E-state index in [0.717, 1.165) is 25.9 Å². The highest BCUT2D eigenvalue weighted by atomic mass is 16.4. The summed E-state index contributed by atoms with van der Waals surface area (Å²) in [5.74, 6) is -3.65. The van der Waals surface area contributed by atoms with E-state index < -0.39 is 11.9 Å². The van der Waals surface area contributed by atoms with Gasteiger partial charge in [0.25, 0.3) is 0 Å². The molecule has 1 aromatic rings. The summed E-state index contributed by atoms with van der Waals surface area (Å²) in [6, 6.07) is 9.11. The molecular formula is C14H20N2O4. The number of nitrogens with zero attached hydrogens (tertiary/aromatic N) is 1. The van der Waals surface area contributed by atoms with Gasteiger partial charge >= 0.3 is 11.9 Å². The Kier molecular flexibility index (Phi) is 5.99. The van der Waals surface area contributed by atoms with Crippen LogP contribution in [-0.2, 0) is 9.59 Å². The summed E-state index contributed by atoms with van der Waals surface area (Å²) in [7, 11) is 0. The van der Waals surface area contributed by atoms with Crippen molar-refractivity contribution in [3.63, 3.8) is 0 Å². The first-order valence-electron chi connectivity index (χ1n) is 6.43. The molecule has 0 aromatic heterocycles. The molecule has 20 heavy (non-hydrogen) atoms. The van der Waals surface area contributed by atoms with Crippen molar-refractivity contribution in [1.82, 2.24) is 0 Å². The summed E-state index contributed by atoms with van der Waals surface area (Å²) in [4.78, 5) is 20.6. The Balaban J connectivity index is 0.000000286. The second kappa shape index (κ2) is 7.49. The van der Waals surface area contributed by atoms with Gasteiger partial charge < -0.3 is 20.8 Å². The van der Waals surface area contributed by atoms with Gasteiger partial charge in [0.15, 0.2) is 0 Å². The van der Waals surface area contributed by atoms with Crippen LogP contribution >= 0.6 is 0 Å². The van der Waals surface area contributed by atoms with Crippen molar-refractivity contribution in [1.29, 1.82) is 0 Å². The zero-order valence-electron chi connectivity index (χ0n) is 11.5. The zero-order valence-corrected chi connectivity index (χ0v) is 11.5. The minimum absolute atomic E-state index is 0.413. The smallest absolute Gasteiger partial charge is 0.414 e. The fourth-order valence-electron chi connectivity index (χ4n) is 1.98. The number of hydrogen-bond donors (Lipinski definition) is 3. The summed E-state index contributed by atoms with van der Waals surface area (Å²) >= 11 is 0. The molecule has 1 aliphatic heterocycles. The average molecular weight is 280 g/mol. The SMILES string of the molecule is Cc1cccc(N2CCC(N)CC2)c1.O=C(O)C(=O)O. The van der Waals surface area contributed by atoms with Crippen molar-refractivity contribution in [2.45, 2.75) is 25.8 Å². The third kappa shape index (κ3) is 5.27. The highest BCUT2D eigenvalue weighted by molar-refractivity contribution is 6.27. The number of aryl methyl sites for hydroxylation is 1. The van der Waals surface area contributed by atoms with Gasteiger partial charge in [0.2, 0.25) is 0 Å². The molecule has 1 heterocycles. The number of aliphatic carboxylic acids is 2. The van der Waals surface area contributed by atoms with E-state index in [1.165, 1.54) is 11.3 Å². The molecule has 2 rings (SSSR count).